The van der Waals surface area contributed by atoms with Crippen LogP contribution in [0.3, 0.4) is 0 Å². The summed E-state index contributed by atoms with van der Waals surface area (Å²) in [4.78, 5) is 4.38. The quantitative estimate of drug-likeness (QED) is 0.770. The molecule has 3 nitrogen and oxygen atoms in total. The van der Waals surface area contributed by atoms with Crippen LogP contribution in [0.5, 0.6) is 0 Å². The number of nitrogens with zero attached hydrogens (tertiary/aromatic N) is 1. The zero-order valence-electron chi connectivity index (χ0n) is 8.23. The predicted octanol–water partition coefficient (Wildman–Crippen LogP) is 1.64. The molecule has 0 aliphatic carbocycles. The van der Waals surface area contributed by atoms with Crippen LogP contribution in [0.1, 0.15) is 18.9 Å². The zero-order chi connectivity index (χ0) is 10.0. The summed E-state index contributed by atoms with van der Waals surface area (Å²) < 4.78 is 5.24. The van der Waals surface area contributed by atoms with Crippen molar-refractivity contribution in [1.29, 1.82) is 0 Å². The van der Waals surface area contributed by atoms with Gasteiger partial charge in [0.15, 0.2) is 0 Å². The molecule has 1 aromatic carbocycles. The van der Waals surface area contributed by atoms with E-state index in [4.69, 9.17) is 10.5 Å². The second-order valence-electron chi connectivity index (χ2n) is 3.49. The maximum atomic E-state index is 5.55. The summed E-state index contributed by atoms with van der Waals surface area (Å²) in [6, 6.07) is 10.4. The fraction of sp³-hybridized carbons (Fsp3) is 0.364. The molecule has 14 heavy (non-hydrogen) atoms. The highest BCUT2D eigenvalue weighted by Gasteiger charge is 2.35. The predicted molar refractivity (Wildman–Crippen MR) is 56.0 cm³/mol. The average molecular weight is 190 g/mol. The highest BCUT2D eigenvalue weighted by molar-refractivity contribution is 5.74. The van der Waals surface area contributed by atoms with Crippen LogP contribution in [0.2, 0.25) is 0 Å². The van der Waals surface area contributed by atoms with Crippen molar-refractivity contribution in [3.8, 4) is 0 Å². The maximum absolute atomic E-state index is 5.55. The molecular weight excluding hydrogens is 176 g/mol. The van der Waals surface area contributed by atoms with Gasteiger partial charge in [0, 0.05) is 0 Å². The highest BCUT2D eigenvalue weighted by Crippen LogP contribution is 2.33. The van der Waals surface area contributed by atoms with Gasteiger partial charge in [0.05, 0.1) is 0 Å². The molecule has 2 N–H and O–H groups in total. The van der Waals surface area contributed by atoms with E-state index in [0.717, 1.165) is 6.42 Å². The van der Waals surface area contributed by atoms with E-state index in [9.17, 15) is 0 Å². The number of ether oxygens (including phenoxy) is 1. The van der Waals surface area contributed by atoms with Gasteiger partial charge in [-0.25, -0.2) is 4.99 Å². The monoisotopic (exact) mass is 190 g/mol. The van der Waals surface area contributed by atoms with Crippen molar-refractivity contribution in [2.75, 3.05) is 6.61 Å². The standard InChI is InChI=1S/C11H14N2O/c1-2-11(8-14-10(12)13-11)9-6-4-3-5-7-9/h3-7H,2,8H2,1H3,(H2,12,13). The smallest absolute Gasteiger partial charge is 0.283 e. The topological polar surface area (TPSA) is 47.6 Å². The Balaban J connectivity index is 2.40. The van der Waals surface area contributed by atoms with E-state index in [-0.39, 0.29) is 5.54 Å². The van der Waals surface area contributed by atoms with Crippen LogP contribution in [-0.2, 0) is 10.3 Å². The summed E-state index contributed by atoms with van der Waals surface area (Å²) in [5.41, 5.74) is 6.46. The first-order valence-electron chi connectivity index (χ1n) is 4.80. The van der Waals surface area contributed by atoms with Crippen molar-refractivity contribution in [2.24, 2.45) is 10.7 Å². The molecule has 1 unspecified atom stereocenters. The van der Waals surface area contributed by atoms with Crippen LogP contribution >= 0.6 is 0 Å². The Morgan fingerprint density at radius 1 is 1.43 bits per heavy atom. The maximum Gasteiger partial charge on any atom is 0.283 e. The van der Waals surface area contributed by atoms with Gasteiger partial charge in [0.2, 0.25) is 0 Å². The van der Waals surface area contributed by atoms with Gasteiger partial charge in [-0.15, -0.1) is 0 Å². The average Bonchev–Trinajstić information content (AvgIpc) is 2.63. The molecule has 1 aliphatic heterocycles. The molecule has 1 aliphatic rings. The molecule has 0 saturated carbocycles. The van der Waals surface area contributed by atoms with Gasteiger partial charge in [-0.05, 0) is 12.0 Å². The lowest BCUT2D eigenvalue weighted by atomic mass is 9.89. The summed E-state index contributed by atoms with van der Waals surface area (Å²) in [5, 5.41) is 0. The third-order valence-electron chi connectivity index (χ3n) is 2.68. The Kier molecular flexibility index (Phi) is 2.15. The van der Waals surface area contributed by atoms with Crippen LogP contribution in [0.25, 0.3) is 0 Å². The van der Waals surface area contributed by atoms with Gasteiger partial charge < -0.3 is 10.5 Å². The van der Waals surface area contributed by atoms with Crippen molar-refractivity contribution in [3.63, 3.8) is 0 Å². The number of hydrogen-bond donors (Lipinski definition) is 1. The van der Waals surface area contributed by atoms with E-state index in [0.29, 0.717) is 12.6 Å². The van der Waals surface area contributed by atoms with Gasteiger partial charge in [-0.3, -0.25) is 0 Å². The Morgan fingerprint density at radius 3 is 2.64 bits per heavy atom. The number of nitrogens with two attached hydrogens (primary N) is 1. The molecule has 74 valence electrons. The molecule has 0 saturated heterocycles. The van der Waals surface area contributed by atoms with Gasteiger partial charge in [0.25, 0.3) is 6.02 Å². The molecule has 0 radical (unpaired) electrons. The van der Waals surface area contributed by atoms with E-state index in [2.05, 4.69) is 24.0 Å². The van der Waals surface area contributed by atoms with Crippen LogP contribution in [0, 0.1) is 0 Å². The van der Waals surface area contributed by atoms with Gasteiger partial charge in [0.1, 0.15) is 12.1 Å². The van der Waals surface area contributed by atoms with Crippen LogP contribution < -0.4 is 5.73 Å². The second kappa shape index (κ2) is 3.33. The lowest BCUT2D eigenvalue weighted by molar-refractivity contribution is 0.249. The van der Waals surface area contributed by atoms with Crippen molar-refractivity contribution < 1.29 is 4.74 Å². The molecule has 1 aromatic rings. The molecule has 0 bridgehead atoms. The van der Waals surface area contributed by atoms with Gasteiger partial charge in [-0.2, -0.15) is 0 Å². The third-order valence-corrected chi connectivity index (χ3v) is 2.68. The van der Waals surface area contributed by atoms with Crippen LogP contribution in [0.4, 0.5) is 0 Å². The van der Waals surface area contributed by atoms with Crippen molar-refractivity contribution in [3.05, 3.63) is 35.9 Å². The number of aliphatic imine (C=N–C) groups is 1. The van der Waals surface area contributed by atoms with E-state index >= 15 is 0 Å². The first-order valence-corrected chi connectivity index (χ1v) is 4.80. The lowest BCUT2D eigenvalue weighted by Crippen LogP contribution is -2.24. The molecular formula is C11H14N2O. The minimum Gasteiger partial charge on any atom is -0.462 e. The molecule has 0 amide bonds. The number of amidine groups is 1. The molecule has 1 atom stereocenters. The number of benzene rings is 1. The molecule has 2 rings (SSSR count). The van der Waals surface area contributed by atoms with E-state index in [1.54, 1.807) is 0 Å². The minimum absolute atomic E-state index is 0.259. The summed E-state index contributed by atoms with van der Waals surface area (Å²) in [6.07, 6.45) is 0.901. The van der Waals surface area contributed by atoms with Crippen LogP contribution in [-0.4, -0.2) is 12.6 Å². The van der Waals surface area contributed by atoms with E-state index < -0.39 is 0 Å². The lowest BCUT2D eigenvalue weighted by Gasteiger charge is -2.22. The number of rotatable bonds is 2. The Hall–Kier alpha value is -1.51. The first kappa shape index (κ1) is 9.06. The largest absolute Gasteiger partial charge is 0.462 e. The summed E-state index contributed by atoms with van der Waals surface area (Å²) in [7, 11) is 0. The SMILES string of the molecule is CCC1(c2ccccc2)COC(N)=N1. The second-order valence-corrected chi connectivity index (χ2v) is 3.49. The fourth-order valence-corrected chi connectivity index (χ4v) is 1.75. The van der Waals surface area contributed by atoms with E-state index in [1.807, 2.05) is 18.2 Å². The van der Waals surface area contributed by atoms with E-state index in [1.165, 1.54) is 5.56 Å². The van der Waals surface area contributed by atoms with Crippen LogP contribution in [0.15, 0.2) is 35.3 Å². The van der Waals surface area contributed by atoms with Crippen molar-refractivity contribution in [2.45, 2.75) is 18.9 Å². The summed E-state index contributed by atoms with van der Waals surface area (Å²) >= 11 is 0. The molecule has 0 aromatic heterocycles. The Labute approximate surface area is 83.6 Å². The summed E-state index contributed by atoms with van der Waals surface area (Å²) in [6.45, 7) is 2.65. The van der Waals surface area contributed by atoms with Crippen molar-refractivity contribution in [1.82, 2.24) is 0 Å². The van der Waals surface area contributed by atoms with Crippen molar-refractivity contribution >= 4 is 6.02 Å². The molecule has 0 fully saturated rings. The Morgan fingerprint density at radius 2 is 2.14 bits per heavy atom. The fourth-order valence-electron chi connectivity index (χ4n) is 1.75. The summed E-state index contributed by atoms with van der Waals surface area (Å²) in [5.74, 6) is 0. The highest BCUT2D eigenvalue weighted by atomic mass is 16.5. The number of hydrogen-bond acceptors (Lipinski definition) is 3. The Bertz CT molecular complexity index is 348. The molecule has 0 spiro atoms. The molecule has 1 heterocycles. The normalized spacial score (nSPS) is 25.6. The van der Waals surface area contributed by atoms with Gasteiger partial charge in [-0.1, -0.05) is 37.3 Å². The zero-order valence-corrected chi connectivity index (χ0v) is 8.23. The minimum atomic E-state index is -0.259. The third kappa shape index (κ3) is 1.35. The van der Waals surface area contributed by atoms with Gasteiger partial charge >= 0.3 is 0 Å². The first-order chi connectivity index (χ1) is 6.77. The molecule has 3 heteroatoms.